The fraction of sp³-hybridized carbons (Fsp3) is 0.133. The Morgan fingerprint density at radius 1 is 1.29 bits per heavy atom. The van der Waals surface area contributed by atoms with Crippen molar-refractivity contribution in [2.24, 2.45) is 0 Å². The first-order chi connectivity index (χ1) is 9.99. The maximum absolute atomic E-state index is 12.0. The molecule has 5 nitrogen and oxygen atoms in total. The number of nitrogens with zero attached hydrogens (tertiary/aromatic N) is 1. The fourth-order valence-corrected chi connectivity index (χ4v) is 2.44. The molecule has 0 saturated carbocycles. The molecule has 0 fully saturated rings. The highest BCUT2D eigenvalue weighted by atomic mass is 79.9. The second-order valence-electron chi connectivity index (χ2n) is 4.41. The highest BCUT2D eigenvalue weighted by molar-refractivity contribution is 9.10. The summed E-state index contributed by atoms with van der Waals surface area (Å²) in [5, 5.41) is 11.1. The first-order valence-corrected chi connectivity index (χ1v) is 6.94. The largest absolute Gasteiger partial charge is 0.478 e. The first-order valence-electron chi connectivity index (χ1n) is 6.14. The average Bonchev–Trinajstić information content (AvgIpc) is 2.46. The van der Waals surface area contributed by atoms with Crippen LogP contribution in [0.3, 0.4) is 0 Å². The van der Waals surface area contributed by atoms with Crippen molar-refractivity contribution in [3.8, 4) is 5.75 Å². The van der Waals surface area contributed by atoms with Crippen molar-refractivity contribution in [3.05, 3.63) is 68.2 Å². The minimum atomic E-state index is -0.528. The standard InChI is InChI=1S/C15H12BrNO4/c1-10-7-12(16)8-13(17(19)20)15(10)21-9-14(18)11-5-3-2-4-6-11/h2-8H,9H2,1H3. The number of benzene rings is 2. The summed E-state index contributed by atoms with van der Waals surface area (Å²) in [6, 6.07) is 11.7. The van der Waals surface area contributed by atoms with Crippen molar-refractivity contribution in [3.63, 3.8) is 0 Å². The fourth-order valence-electron chi connectivity index (χ4n) is 1.88. The molecule has 0 aliphatic carbocycles. The number of hydrogen-bond acceptors (Lipinski definition) is 4. The van der Waals surface area contributed by atoms with Crippen LogP contribution in [0.25, 0.3) is 0 Å². The number of nitro benzene ring substituents is 1. The van der Waals surface area contributed by atoms with E-state index < -0.39 is 4.92 Å². The number of ketones is 1. The zero-order valence-electron chi connectivity index (χ0n) is 11.2. The smallest absolute Gasteiger partial charge is 0.312 e. The van der Waals surface area contributed by atoms with Crippen LogP contribution in [-0.4, -0.2) is 17.3 Å². The molecule has 108 valence electrons. The molecule has 0 aromatic heterocycles. The second kappa shape index (κ2) is 6.49. The zero-order chi connectivity index (χ0) is 15.4. The molecule has 0 saturated heterocycles. The monoisotopic (exact) mass is 349 g/mol. The summed E-state index contributed by atoms with van der Waals surface area (Å²) in [5.41, 5.74) is 0.939. The van der Waals surface area contributed by atoms with Crippen LogP contribution >= 0.6 is 15.9 Å². The number of carbonyl (C=O) groups is 1. The minimum absolute atomic E-state index is 0.118. The quantitative estimate of drug-likeness (QED) is 0.465. The number of nitro groups is 1. The van der Waals surface area contributed by atoms with Crippen LogP contribution < -0.4 is 4.74 Å². The van der Waals surface area contributed by atoms with Crippen molar-refractivity contribution in [1.29, 1.82) is 0 Å². The molecule has 2 aromatic carbocycles. The van der Waals surface area contributed by atoms with E-state index in [1.165, 1.54) is 6.07 Å². The molecule has 0 radical (unpaired) electrons. The molecule has 2 aromatic rings. The van der Waals surface area contributed by atoms with E-state index in [9.17, 15) is 14.9 Å². The molecule has 0 bridgehead atoms. The van der Waals surface area contributed by atoms with Crippen molar-refractivity contribution in [1.82, 2.24) is 0 Å². The predicted molar refractivity (Wildman–Crippen MR) is 81.8 cm³/mol. The van der Waals surface area contributed by atoms with Gasteiger partial charge in [0.2, 0.25) is 5.75 Å². The first kappa shape index (κ1) is 15.2. The van der Waals surface area contributed by atoms with Crippen LogP contribution in [0.1, 0.15) is 15.9 Å². The lowest BCUT2D eigenvalue weighted by Crippen LogP contribution is -2.12. The number of aryl methyl sites for hydroxylation is 1. The van der Waals surface area contributed by atoms with Gasteiger partial charge in [-0.1, -0.05) is 46.3 Å². The summed E-state index contributed by atoms with van der Waals surface area (Å²) in [4.78, 5) is 22.5. The SMILES string of the molecule is Cc1cc(Br)cc([N+](=O)[O-])c1OCC(=O)c1ccccc1. The molecule has 0 spiro atoms. The third-order valence-corrected chi connectivity index (χ3v) is 3.32. The molecular weight excluding hydrogens is 338 g/mol. The van der Waals surface area contributed by atoms with E-state index in [0.29, 0.717) is 15.6 Å². The molecule has 21 heavy (non-hydrogen) atoms. The lowest BCUT2D eigenvalue weighted by Gasteiger charge is -2.09. The Kier molecular flexibility index (Phi) is 4.70. The van der Waals surface area contributed by atoms with E-state index in [0.717, 1.165) is 0 Å². The van der Waals surface area contributed by atoms with Crippen LogP contribution in [0.2, 0.25) is 0 Å². The lowest BCUT2D eigenvalue weighted by atomic mass is 10.1. The highest BCUT2D eigenvalue weighted by Crippen LogP contribution is 2.34. The maximum atomic E-state index is 12.0. The van der Waals surface area contributed by atoms with Crippen molar-refractivity contribution in [2.75, 3.05) is 6.61 Å². The molecule has 0 N–H and O–H groups in total. The van der Waals surface area contributed by atoms with E-state index in [1.807, 2.05) is 0 Å². The van der Waals surface area contributed by atoms with Crippen molar-refractivity contribution in [2.45, 2.75) is 6.92 Å². The van der Waals surface area contributed by atoms with Gasteiger partial charge >= 0.3 is 5.69 Å². The molecular formula is C15H12BrNO4. The molecule has 0 aliphatic rings. The summed E-state index contributed by atoms with van der Waals surface area (Å²) < 4.78 is 5.98. The Morgan fingerprint density at radius 3 is 2.57 bits per heavy atom. The predicted octanol–water partition coefficient (Wildman–Crippen LogP) is 3.93. The van der Waals surface area contributed by atoms with E-state index in [4.69, 9.17) is 4.74 Å². The van der Waals surface area contributed by atoms with Crippen LogP contribution in [-0.2, 0) is 0 Å². The van der Waals surface area contributed by atoms with Gasteiger partial charge in [0.1, 0.15) is 0 Å². The van der Waals surface area contributed by atoms with Crippen molar-refractivity contribution >= 4 is 27.4 Å². The van der Waals surface area contributed by atoms with Gasteiger partial charge in [-0.2, -0.15) is 0 Å². The molecule has 0 amide bonds. The van der Waals surface area contributed by atoms with Crippen molar-refractivity contribution < 1.29 is 14.5 Å². The van der Waals surface area contributed by atoms with Gasteiger partial charge < -0.3 is 4.74 Å². The van der Waals surface area contributed by atoms with Gasteiger partial charge in [0.05, 0.1) is 4.92 Å². The third-order valence-electron chi connectivity index (χ3n) is 2.86. The van der Waals surface area contributed by atoms with Crippen LogP contribution in [0.4, 0.5) is 5.69 Å². The molecule has 0 heterocycles. The van der Waals surface area contributed by atoms with Crippen LogP contribution in [0, 0.1) is 17.0 Å². The van der Waals surface area contributed by atoms with Gasteiger partial charge in [0.15, 0.2) is 12.4 Å². The van der Waals surface area contributed by atoms with E-state index >= 15 is 0 Å². The minimum Gasteiger partial charge on any atom is -0.478 e. The number of carbonyl (C=O) groups excluding carboxylic acids is 1. The van der Waals surface area contributed by atoms with Crippen LogP contribution in [0.15, 0.2) is 46.9 Å². The van der Waals surface area contributed by atoms with Crippen LogP contribution in [0.5, 0.6) is 5.75 Å². The van der Waals surface area contributed by atoms with E-state index in [2.05, 4.69) is 15.9 Å². The third kappa shape index (κ3) is 3.66. The summed E-state index contributed by atoms with van der Waals surface area (Å²) in [6.45, 7) is 1.45. The molecule has 0 atom stereocenters. The molecule has 6 heteroatoms. The topological polar surface area (TPSA) is 69.4 Å². The number of rotatable bonds is 5. The lowest BCUT2D eigenvalue weighted by molar-refractivity contribution is -0.385. The number of Topliss-reactive ketones (excluding diaryl/α,β-unsaturated/α-hetero) is 1. The Hall–Kier alpha value is -2.21. The summed E-state index contributed by atoms with van der Waals surface area (Å²) in [6.07, 6.45) is 0. The highest BCUT2D eigenvalue weighted by Gasteiger charge is 2.20. The number of halogens is 1. The Morgan fingerprint density at radius 2 is 1.95 bits per heavy atom. The maximum Gasteiger partial charge on any atom is 0.312 e. The molecule has 2 rings (SSSR count). The van der Waals surface area contributed by atoms with Gasteiger partial charge in [0, 0.05) is 16.1 Å². The number of hydrogen-bond donors (Lipinski definition) is 0. The second-order valence-corrected chi connectivity index (χ2v) is 5.32. The van der Waals surface area contributed by atoms with Gasteiger partial charge in [-0.15, -0.1) is 0 Å². The molecule has 0 aliphatic heterocycles. The normalized spacial score (nSPS) is 10.2. The summed E-state index contributed by atoms with van der Waals surface area (Å²) in [7, 11) is 0. The molecule has 0 unspecified atom stereocenters. The Bertz CT molecular complexity index is 686. The summed E-state index contributed by atoms with van der Waals surface area (Å²) >= 11 is 3.21. The van der Waals surface area contributed by atoms with E-state index in [1.54, 1.807) is 43.3 Å². The van der Waals surface area contributed by atoms with E-state index in [-0.39, 0.29) is 23.8 Å². The number of ether oxygens (including phenoxy) is 1. The van der Waals surface area contributed by atoms with Gasteiger partial charge in [-0.05, 0) is 18.6 Å². The zero-order valence-corrected chi connectivity index (χ0v) is 12.8. The van der Waals surface area contributed by atoms with Gasteiger partial charge in [-0.3, -0.25) is 14.9 Å². The summed E-state index contributed by atoms with van der Waals surface area (Å²) in [5.74, 6) is -0.111. The average molecular weight is 350 g/mol. The van der Waals surface area contributed by atoms with Gasteiger partial charge in [-0.25, -0.2) is 0 Å². The Balaban J connectivity index is 2.21. The Labute approximate surface area is 129 Å². The van der Waals surface area contributed by atoms with Gasteiger partial charge in [0.25, 0.3) is 0 Å².